The van der Waals surface area contributed by atoms with Crippen LogP contribution in [0, 0.1) is 0 Å². The summed E-state index contributed by atoms with van der Waals surface area (Å²) in [5.74, 6) is -0.310. The highest BCUT2D eigenvalue weighted by Crippen LogP contribution is 2.21. The zero-order valence-electron chi connectivity index (χ0n) is 7.60. The average Bonchev–Trinajstić information content (AvgIpc) is 2.46. The maximum atomic E-state index is 10.9. The third-order valence-electron chi connectivity index (χ3n) is 1.61. The predicted octanol–water partition coefficient (Wildman–Crippen LogP) is 0.171. The molecule has 1 aromatic heterocycles. The Kier molecular flexibility index (Phi) is 3.30. The van der Waals surface area contributed by atoms with Gasteiger partial charge in [-0.15, -0.1) is 10.2 Å². The van der Waals surface area contributed by atoms with E-state index < -0.39 is 0 Å². The van der Waals surface area contributed by atoms with Crippen molar-refractivity contribution in [2.24, 2.45) is 12.8 Å². The van der Waals surface area contributed by atoms with Gasteiger partial charge in [-0.25, -0.2) is 0 Å². The number of primary amides is 1. The maximum Gasteiger partial charge on any atom is 0.231 e. The molecule has 72 valence electrons. The summed E-state index contributed by atoms with van der Waals surface area (Å²) in [6.07, 6.45) is 2.29. The average molecular weight is 200 g/mol. The molecule has 0 aliphatic carbocycles. The molecular formula is C7H12N4OS. The lowest BCUT2D eigenvalue weighted by Gasteiger charge is -2.08. The topological polar surface area (TPSA) is 73.8 Å². The van der Waals surface area contributed by atoms with Crippen molar-refractivity contribution >= 4 is 17.7 Å². The Morgan fingerprint density at radius 1 is 1.85 bits per heavy atom. The van der Waals surface area contributed by atoms with Crippen LogP contribution in [0.3, 0.4) is 0 Å². The first-order valence-electron chi connectivity index (χ1n) is 3.95. The quantitative estimate of drug-likeness (QED) is 0.703. The number of nitrogens with two attached hydrogens (primary N) is 1. The van der Waals surface area contributed by atoms with Gasteiger partial charge in [-0.1, -0.05) is 18.7 Å². The van der Waals surface area contributed by atoms with E-state index in [-0.39, 0.29) is 11.2 Å². The molecule has 2 N–H and O–H groups in total. The summed E-state index contributed by atoms with van der Waals surface area (Å²) in [6, 6.07) is 0. The summed E-state index contributed by atoms with van der Waals surface area (Å²) in [5.41, 5.74) is 5.20. The number of aryl methyl sites for hydroxylation is 1. The number of nitrogens with zero attached hydrogens (tertiary/aromatic N) is 3. The normalized spacial score (nSPS) is 12.8. The lowest BCUT2D eigenvalue weighted by Crippen LogP contribution is -2.25. The molecule has 1 aromatic rings. The number of thioether (sulfide) groups is 1. The summed E-state index contributed by atoms with van der Waals surface area (Å²) in [6.45, 7) is 1.92. The number of rotatable bonds is 4. The van der Waals surface area contributed by atoms with Gasteiger partial charge in [0.15, 0.2) is 5.16 Å². The standard InChI is InChI=1S/C7H12N4OS/c1-3-5(6(8)12)13-7-10-9-4-11(7)2/h4-5H,3H2,1-2H3,(H2,8,12). The van der Waals surface area contributed by atoms with Crippen LogP contribution in [-0.4, -0.2) is 25.9 Å². The molecule has 0 radical (unpaired) electrons. The minimum atomic E-state index is -0.310. The fourth-order valence-electron chi connectivity index (χ4n) is 0.849. The van der Waals surface area contributed by atoms with Gasteiger partial charge in [0, 0.05) is 7.05 Å². The number of aromatic nitrogens is 3. The molecular weight excluding hydrogens is 188 g/mol. The Balaban J connectivity index is 2.67. The van der Waals surface area contributed by atoms with Crippen molar-refractivity contribution < 1.29 is 4.79 Å². The van der Waals surface area contributed by atoms with Crippen LogP contribution < -0.4 is 5.73 Å². The molecule has 1 amide bonds. The number of amides is 1. The smallest absolute Gasteiger partial charge is 0.231 e. The van der Waals surface area contributed by atoms with Gasteiger partial charge in [0.1, 0.15) is 6.33 Å². The van der Waals surface area contributed by atoms with Gasteiger partial charge >= 0.3 is 0 Å². The van der Waals surface area contributed by atoms with Crippen LogP contribution in [0.1, 0.15) is 13.3 Å². The first-order valence-corrected chi connectivity index (χ1v) is 4.83. The van der Waals surface area contributed by atoms with Gasteiger partial charge in [0.2, 0.25) is 5.91 Å². The number of hydrogen-bond donors (Lipinski definition) is 1. The maximum absolute atomic E-state index is 10.9. The van der Waals surface area contributed by atoms with E-state index in [0.29, 0.717) is 11.6 Å². The third kappa shape index (κ3) is 2.45. The zero-order chi connectivity index (χ0) is 9.84. The molecule has 1 heterocycles. The van der Waals surface area contributed by atoms with E-state index in [1.54, 1.807) is 10.9 Å². The molecule has 1 atom stereocenters. The molecule has 6 heteroatoms. The van der Waals surface area contributed by atoms with E-state index in [1.807, 2.05) is 14.0 Å². The molecule has 1 rings (SSSR count). The molecule has 0 aliphatic rings. The van der Waals surface area contributed by atoms with Gasteiger partial charge in [-0.2, -0.15) is 0 Å². The van der Waals surface area contributed by atoms with E-state index in [1.165, 1.54) is 11.8 Å². The van der Waals surface area contributed by atoms with Crippen LogP contribution >= 0.6 is 11.8 Å². The molecule has 0 bridgehead atoms. The fraction of sp³-hybridized carbons (Fsp3) is 0.571. The molecule has 0 aromatic carbocycles. The van der Waals surface area contributed by atoms with Crippen LogP contribution in [0.25, 0.3) is 0 Å². The van der Waals surface area contributed by atoms with Gasteiger partial charge in [0.05, 0.1) is 5.25 Å². The van der Waals surface area contributed by atoms with Gasteiger partial charge in [-0.3, -0.25) is 4.79 Å². The second-order valence-corrected chi connectivity index (χ2v) is 3.81. The van der Waals surface area contributed by atoms with Crippen LogP contribution in [0.4, 0.5) is 0 Å². The Labute approximate surface area is 80.7 Å². The summed E-state index contributed by atoms with van der Waals surface area (Å²) < 4.78 is 1.76. The second-order valence-electron chi connectivity index (χ2n) is 2.64. The van der Waals surface area contributed by atoms with Gasteiger partial charge in [-0.05, 0) is 6.42 Å². The van der Waals surface area contributed by atoms with Crippen molar-refractivity contribution in [3.63, 3.8) is 0 Å². The lowest BCUT2D eigenvalue weighted by molar-refractivity contribution is -0.117. The summed E-state index contributed by atoms with van der Waals surface area (Å²) in [5, 5.41) is 8.06. The zero-order valence-corrected chi connectivity index (χ0v) is 8.41. The van der Waals surface area contributed by atoms with Gasteiger partial charge < -0.3 is 10.3 Å². The molecule has 0 saturated heterocycles. The van der Waals surface area contributed by atoms with Crippen LogP contribution in [0.2, 0.25) is 0 Å². The van der Waals surface area contributed by atoms with Crippen molar-refractivity contribution in [2.45, 2.75) is 23.8 Å². The van der Waals surface area contributed by atoms with Crippen molar-refractivity contribution in [1.29, 1.82) is 0 Å². The molecule has 0 fully saturated rings. The lowest BCUT2D eigenvalue weighted by atomic mass is 10.3. The SMILES string of the molecule is CCC(Sc1nncn1C)C(N)=O. The van der Waals surface area contributed by atoms with Crippen molar-refractivity contribution in [1.82, 2.24) is 14.8 Å². The monoisotopic (exact) mass is 200 g/mol. The molecule has 0 aliphatic heterocycles. The molecule has 0 saturated carbocycles. The van der Waals surface area contributed by atoms with E-state index >= 15 is 0 Å². The molecule has 0 spiro atoms. The molecule has 13 heavy (non-hydrogen) atoms. The largest absolute Gasteiger partial charge is 0.369 e. The Hall–Kier alpha value is -1.04. The minimum Gasteiger partial charge on any atom is -0.369 e. The number of carbonyl (C=O) groups is 1. The number of hydrogen-bond acceptors (Lipinski definition) is 4. The van der Waals surface area contributed by atoms with E-state index in [2.05, 4.69) is 10.2 Å². The predicted molar refractivity (Wildman–Crippen MR) is 50.1 cm³/mol. The van der Waals surface area contributed by atoms with E-state index in [0.717, 1.165) is 0 Å². The first kappa shape index (κ1) is 10.0. The molecule has 5 nitrogen and oxygen atoms in total. The highest BCUT2D eigenvalue weighted by atomic mass is 32.2. The number of carbonyl (C=O) groups excluding carboxylic acids is 1. The van der Waals surface area contributed by atoms with Crippen molar-refractivity contribution in [2.75, 3.05) is 0 Å². The Morgan fingerprint density at radius 3 is 2.92 bits per heavy atom. The summed E-state index contributed by atoms with van der Waals surface area (Å²) in [7, 11) is 1.83. The Bertz CT molecular complexity index is 298. The first-order chi connectivity index (χ1) is 6.15. The van der Waals surface area contributed by atoms with E-state index in [4.69, 9.17) is 5.73 Å². The van der Waals surface area contributed by atoms with Crippen LogP contribution in [0.5, 0.6) is 0 Å². The van der Waals surface area contributed by atoms with Crippen LogP contribution in [-0.2, 0) is 11.8 Å². The summed E-state index contributed by atoms with van der Waals surface area (Å²) in [4.78, 5) is 10.9. The third-order valence-corrected chi connectivity index (χ3v) is 3.04. The van der Waals surface area contributed by atoms with Crippen LogP contribution in [0.15, 0.2) is 11.5 Å². The van der Waals surface area contributed by atoms with Gasteiger partial charge in [0.25, 0.3) is 0 Å². The second kappa shape index (κ2) is 4.27. The van der Waals surface area contributed by atoms with Crippen molar-refractivity contribution in [3.05, 3.63) is 6.33 Å². The van der Waals surface area contributed by atoms with E-state index in [9.17, 15) is 4.79 Å². The fourth-order valence-corrected chi connectivity index (χ4v) is 1.69. The van der Waals surface area contributed by atoms with Crippen molar-refractivity contribution in [3.8, 4) is 0 Å². The minimum absolute atomic E-state index is 0.220. The molecule has 1 unspecified atom stereocenters. The summed E-state index contributed by atoms with van der Waals surface area (Å²) >= 11 is 1.34. The highest BCUT2D eigenvalue weighted by molar-refractivity contribution is 8.00. The highest BCUT2D eigenvalue weighted by Gasteiger charge is 2.16. The Morgan fingerprint density at radius 2 is 2.54 bits per heavy atom.